The van der Waals surface area contributed by atoms with E-state index in [1.165, 1.54) is 12.8 Å². The molecule has 1 aliphatic rings. The summed E-state index contributed by atoms with van der Waals surface area (Å²) in [6, 6.07) is 16.7. The van der Waals surface area contributed by atoms with E-state index in [-0.39, 0.29) is 23.9 Å². The molecule has 1 fully saturated rings. The number of hydrogen-bond acceptors (Lipinski definition) is 3. The molecule has 2 aromatic carbocycles. The van der Waals surface area contributed by atoms with Crippen molar-refractivity contribution >= 4 is 11.9 Å². The highest BCUT2D eigenvalue weighted by Gasteiger charge is 2.26. The summed E-state index contributed by atoms with van der Waals surface area (Å²) in [5, 5.41) is 9.36. The molecule has 0 aromatic heterocycles. The molecule has 3 rings (SSSR count). The van der Waals surface area contributed by atoms with Gasteiger partial charge in [-0.3, -0.25) is 4.79 Å². The Hall–Kier alpha value is -2.66. The van der Waals surface area contributed by atoms with E-state index in [4.69, 9.17) is 0 Å². The lowest BCUT2D eigenvalue weighted by atomic mass is 10.0. The molecule has 2 aromatic rings. The molecule has 0 spiro atoms. The van der Waals surface area contributed by atoms with Crippen LogP contribution in [0.5, 0.6) is 0 Å². The minimum atomic E-state index is -1.00. The maximum Gasteiger partial charge on any atom is 0.335 e. The highest BCUT2D eigenvalue weighted by Crippen LogP contribution is 2.24. The van der Waals surface area contributed by atoms with Crippen LogP contribution in [0.3, 0.4) is 0 Å². The summed E-state index contributed by atoms with van der Waals surface area (Å²) in [7, 11) is 1.82. The highest BCUT2D eigenvalue weighted by atomic mass is 16.4. The van der Waals surface area contributed by atoms with Gasteiger partial charge in [-0.1, -0.05) is 48.5 Å². The van der Waals surface area contributed by atoms with E-state index in [2.05, 4.69) is 17.0 Å². The van der Waals surface area contributed by atoms with Crippen molar-refractivity contribution in [1.82, 2.24) is 9.80 Å². The number of rotatable bonds is 7. The monoisotopic (exact) mass is 366 g/mol. The largest absolute Gasteiger partial charge is 0.478 e. The Morgan fingerprint density at radius 3 is 2.33 bits per heavy atom. The smallest absolute Gasteiger partial charge is 0.335 e. The van der Waals surface area contributed by atoms with Crippen LogP contribution in [0.2, 0.25) is 0 Å². The van der Waals surface area contributed by atoms with Gasteiger partial charge in [-0.25, -0.2) is 4.79 Å². The van der Waals surface area contributed by atoms with Crippen LogP contribution >= 0.6 is 0 Å². The number of carboxylic acid groups (broad SMARTS) is 1. The van der Waals surface area contributed by atoms with E-state index < -0.39 is 5.97 Å². The summed E-state index contributed by atoms with van der Waals surface area (Å²) in [4.78, 5) is 28.6. The van der Waals surface area contributed by atoms with E-state index >= 15 is 0 Å². The van der Waals surface area contributed by atoms with Gasteiger partial charge in [0.1, 0.15) is 0 Å². The summed E-state index contributed by atoms with van der Waals surface area (Å²) < 4.78 is 0. The Balaban J connectivity index is 1.79. The fraction of sp³-hybridized carbons (Fsp3) is 0.364. The third-order valence-corrected chi connectivity index (χ3v) is 5.26. The van der Waals surface area contributed by atoms with Crippen LogP contribution in [0.25, 0.3) is 0 Å². The lowest BCUT2D eigenvalue weighted by Crippen LogP contribution is -2.39. The maximum absolute atomic E-state index is 13.0. The van der Waals surface area contributed by atoms with Crippen LogP contribution in [0.1, 0.15) is 40.4 Å². The summed E-state index contributed by atoms with van der Waals surface area (Å²) in [6.45, 7) is 2.92. The predicted molar refractivity (Wildman–Crippen MR) is 105 cm³/mol. The SMILES string of the molecule is CN(C(=O)Cc1ccccc1C(=O)O)[C@H](CN1CCCC1)c1ccccc1. The minimum Gasteiger partial charge on any atom is -0.478 e. The highest BCUT2D eigenvalue weighted by molar-refractivity contribution is 5.91. The second kappa shape index (κ2) is 8.82. The quantitative estimate of drug-likeness (QED) is 0.817. The van der Waals surface area contributed by atoms with Crippen LogP contribution in [0, 0.1) is 0 Å². The molecule has 0 aliphatic carbocycles. The van der Waals surface area contributed by atoms with Gasteiger partial charge in [-0.15, -0.1) is 0 Å². The summed E-state index contributed by atoms with van der Waals surface area (Å²) >= 11 is 0. The molecule has 1 N–H and O–H groups in total. The molecule has 1 aliphatic heterocycles. The van der Waals surface area contributed by atoms with Gasteiger partial charge in [0.05, 0.1) is 18.0 Å². The normalized spacial score (nSPS) is 15.4. The second-order valence-electron chi connectivity index (χ2n) is 7.08. The molecule has 5 heteroatoms. The Kier molecular flexibility index (Phi) is 6.24. The van der Waals surface area contributed by atoms with Crippen LogP contribution in [0.4, 0.5) is 0 Å². The number of nitrogens with zero attached hydrogens (tertiary/aromatic N) is 2. The van der Waals surface area contributed by atoms with E-state index in [0.29, 0.717) is 5.56 Å². The van der Waals surface area contributed by atoms with Crippen LogP contribution < -0.4 is 0 Å². The molecule has 0 saturated carbocycles. The number of carboxylic acids is 1. The molecular weight excluding hydrogens is 340 g/mol. The Labute approximate surface area is 160 Å². The van der Waals surface area contributed by atoms with Crippen molar-refractivity contribution in [3.8, 4) is 0 Å². The lowest BCUT2D eigenvalue weighted by Gasteiger charge is -2.32. The summed E-state index contributed by atoms with van der Waals surface area (Å²) in [5.74, 6) is -1.07. The van der Waals surface area contributed by atoms with Crippen molar-refractivity contribution in [2.24, 2.45) is 0 Å². The van der Waals surface area contributed by atoms with Gasteiger partial charge in [0.15, 0.2) is 0 Å². The first-order valence-electron chi connectivity index (χ1n) is 9.40. The number of carbonyl (C=O) groups excluding carboxylic acids is 1. The predicted octanol–water partition coefficient (Wildman–Crippen LogP) is 3.22. The van der Waals surface area contributed by atoms with Gasteiger partial charge in [-0.05, 0) is 43.1 Å². The van der Waals surface area contributed by atoms with E-state index in [1.807, 2.05) is 25.2 Å². The fourth-order valence-electron chi connectivity index (χ4n) is 3.68. The topological polar surface area (TPSA) is 60.9 Å². The van der Waals surface area contributed by atoms with E-state index in [9.17, 15) is 14.7 Å². The van der Waals surface area contributed by atoms with Gasteiger partial charge < -0.3 is 14.9 Å². The zero-order chi connectivity index (χ0) is 19.2. The molecule has 0 bridgehead atoms. The number of carbonyl (C=O) groups is 2. The molecular formula is C22H26N2O3. The summed E-state index contributed by atoms with van der Waals surface area (Å²) in [6.07, 6.45) is 2.48. The number of hydrogen-bond donors (Lipinski definition) is 1. The van der Waals surface area contributed by atoms with Crippen LogP contribution in [-0.4, -0.2) is 53.5 Å². The van der Waals surface area contributed by atoms with E-state index in [0.717, 1.165) is 25.2 Å². The zero-order valence-corrected chi connectivity index (χ0v) is 15.7. The van der Waals surface area contributed by atoms with Crippen molar-refractivity contribution in [1.29, 1.82) is 0 Å². The molecule has 0 unspecified atom stereocenters. The molecule has 27 heavy (non-hydrogen) atoms. The van der Waals surface area contributed by atoms with Crippen molar-refractivity contribution in [3.05, 3.63) is 71.3 Å². The number of likely N-dealkylation sites (tertiary alicyclic amines) is 1. The third-order valence-electron chi connectivity index (χ3n) is 5.26. The molecule has 1 atom stereocenters. The first-order chi connectivity index (χ1) is 13.1. The Morgan fingerprint density at radius 2 is 1.67 bits per heavy atom. The summed E-state index contributed by atoms with van der Waals surface area (Å²) in [5.41, 5.74) is 1.84. The average Bonchev–Trinajstić information content (AvgIpc) is 3.20. The first-order valence-corrected chi connectivity index (χ1v) is 9.40. The first kappa shape index (κ1) is 19.1. The van der Waals surface area contributed by atoms with Crippen molar-refractivity contribution in [2.75, 3.05) is 26.7 Å². The number of likely N-dealkylation sites (N-methyl/N-ethyl adjacent to an activating group) is 1. The molecule has 1 heterocycles. The average molecular weight is 366 g/mol. The standard InChI is InChI=1S/C22H26N2O3/c1-23(21(25)15-18-11-5-6-12-19(18)22(26)27)20(16-24-13-7-8-14-24)17-9-3-2-4-10-17/h2-6,9-12,20H,7-8,13-16H2,1H3,(H,26,27)/t20-/m1/s1. The van der Waals surface area contributed by atoms with Gasteiger partial charge in [0, 0.05) is 13.6 Å². The molecule has 1 amide bonds. The van der Waals surface area contributed by atoms with Crippen molar-refractivity contribution in [2.45, 2.75) is 25.3 Å². The van der Waals surface area contributed by atoms with Gasteiger partial charge in [0.2, 0.25) is 5.91 Å². The Morgan fingerprint density at radius 1 is 1.04 bits per heavy atom. The minimum absolute atomic E-state index is 0.0474. The molecule has 1 saturated heterocycles. The third kappa shape index (κ3) is 4.74. The number of benzene rings is 2. The van der Waals surface area contributed by atoms with Gasteiger partial charge >= 0.3 is 5.97 Å². The van der Waals surface area contributed by atoms with Crippen LogP contribution in [0.15, 0.2) is 54.6 Å². The van der Waals surface area contributed by atoms with Crippen molar-refractivity contribution < 1.29 is 14.7 Å². The fourth-order valence-corrected chi connectivity index (χ4v) is 3.68. The zero-order valence-electron chi connectivity index (χ0n) is 15.7. The van der Waals surface area contributed by atoms with Gasteiger partial charge in [0.25, 0.3) is 0 Å². The van der Waals surface area contributed by atoms with Crippen LogP contribution in [-0.2, 0) is 11.2 Å². The van der Waals surface area contributed by atoms with Crippen molar-refractivity contribution in [3.63, 3.8) is 0 Å². The molecule has 142 valence electrons. The Bertz CT molecular complexity index is 785. The molecule has 0 radical (unpaired) electrons. The number of aromatic carboxylic acids is 1. The van der Waals surface area contributed by atoms with Gasteiger partial charge in [-0.2, -0.15) is 0 Å². The lowest BCUT2D eigenvalue weighted by molar-refractivity contribution is -0.131. The maximum atomic E-state index is 13.0. The number of amides is 1. The molecule has 5 nitrogen and oxygen atoms in total. The van der Waals surface area contributed by atoms with E-state index in [1.54, 1.807) is 29.2 Å². The second-order valence-corrected chi connectivity index (χ2v) is 7.08.